The van der Waals surface area contributed by atoms with Gasteiger partial charge in [0.2, 0.25) is 0 Å². The fourth-order valence-electron chi connectivity index (χ4n) is 3.14. The van der Waals surface area contributed by atoms with E-state index in [1.54, 1.807) is 13.0 Å². The van der Waals surface area contributed by atoms with Gasteiger partial charge in [0, 0.05) is 0 Å². The van der Waals surface area contributed by atoms with Gasteiger partial charge >= 0.3 is 11.9 Å². The Morgan fingerprint density at radius 2 is 1.62 bits per heavy atom. The minimum Gasteiger partial charge on any atom is -0.481 e. The third-order valence-corrected chi connectivity index (χ3v) is 6.05. The molecule has 4 heteroatoms. The second-order valence-corrected chi connectivity index (χ2v) is 9.61. The zero-order chi connectivity index (χ0) is 23.3. The SMILES string of the molecule is C=CC(C)(CCC=C(C)C)C(C)C(=O)O.CCC(C)(CCCC(C)C)CC(=O)O. The minimum absolute atomic E-state index is 0.000718. The zero-order valence-corrected chi connectivity index (χ0v) is 20.2. The summed E-state index contributed by atoms with van der Waals surface area (Å²) < 4.78 is 0. The highest BCUT2D eigenvalue weighted by molar-refractivity contribution is 5.71. The van der Waals surface area contributed by atoms with Gasteiger partial charge in [-0.25, -0.2) is 0 Å². The van der Waals surface area contributed by atoms with E-state index in [0.717, 1.165) is 38.0 Å². The molecule has 0 fully saturated rings. The Kier molecular flexibility index (Phi) is 14.7. The van der Waals surface area contributed by atoms with Crippen LogP contribution in [0.4, 0.5) is 0 Å². The first-order chi connectivity index (χ1) is 13.2. The normalized spacial score (nSPS) is 15.9. The molecule has 0 aliphatic carbocycles. The van der Waals surface area contributed by atoms with Crippen LogP contribution in [0.15, 0.2) is 24.3 Å². The van der Waals surface area contributed by atoms with Crippen LogP contribution in [0.2, 0.25) is 0 Å². The van der Waals surface area contributed by atoms with Gasteiger partial charge in [-0.2, -0.15) is 0 Å². The van der Waals surface area contributed by atoms with E-state index in [-0.39, 0.29) is 16.7 Å². The summed E-state index contributed by atoms with van der Waals surface area (Å²) in [6.07, 6.45) is 10.3. The predicted octanol–water partition coefficient (Wildman–Crippen LogP) is 7.35. The van der Waals surface area contributed by atoms with Crippen LogP contribution in [0.3, 0.4) is 0 Å². The highest BCUT2D eigenvalue weighted by atomic mass is 16.4. The molecule has 2 N–H and O–H groups in total. The summed E-state index contributed by atoms with van der Waals surface area (Å²) in [6.45, 7) is 20.1. The van der Waals surface area contributed by atoms with E-state index >= 15 is 0 Å². The van der Waals surface area contributed by atoms with Crippen molar-refractivity contribution in [2.45, 2.75) is 100 Å². The Balaban J connectivity index is 0. The fourth-order valence-corrected chi connectivity index (χ4v) is 3.14. The number of rotatable bonds is 13. The van der Waals surface area contributed by atoms with Crippen LogP contribution < -0.4 is 0 Å². The minimum atomic E-state index is -0.755. The van der Waals surface area contributed by atoms with Gasteiger partial charge in [-0.1, -0.05) is 78.5 Å². The first kappa shape index (κ1) is 29.6. The third-order valence-electron chi connectivity index (χ3n) is 6.05. The number of hydrogen-bond donors (Lipinski definition) is 2. The molecule has 0 radical (unpaired) electrons. The Morgan fingerprint density at radius 1 is 1.07 bits per heavy atom. The molecule has 0 bridgehead atoms. The summed E-state index contributed by atoms with van der Waals surface area (Å²) in [5.41, 5.74) is 0.947. The average Bonchev–Trinajstić information content (AvgIpc) is 2.60. The number of allylic oxidation sites excluding steroid dienone is 3. The van der Waals surface area contributed by atoms with Crippen LogP contribution in [0, 0.1) is 22.7 Å². The highest BCUT2D eigenvalue weighted by Crippen LogP contribution is 2.34. The second-order valence-electron chi connectivity index (χ2n) is 9.61. The van der Waals surface area contributed by atoms with E-state index in [0.29, 0.717) is 6.42 Å². The maximum atomic E-state index is 10.9. The lowest BCUT2D eigenvalue weighted by atomic mass is 9.74. The van der Waals surface area contributed by atoms with Gasteiger partial charge in [0.1, 0.15) is 0 Å². The van der Waals surface area contributed by atoms with E-state index in [2.05, 4.69) is 40.3 Å². The van der Waals surface area contributed by atoms with E-state index in [1.807, 2.05) is 20.8 Å². The summed E-state index contributed by atoms with van der Waals surface area (Å²) in [7, 11) is 0. The molecule has 0 saturated carbocycles. The second kappa shape index (κ2) is 14.4. The van der Waals surface area contributed by atoms with E-state index in [1.165, 1.54) is 12.0 Å². The van der Waals surface area contributed by atoms with Crippen molar-refractivity contribution < 1.29 is 19.8 Å². The van der Waals surface area contributed by atoms with Gasteiger partial charge in [0.15, 0.2) is 0 Å². The lowest BCUT2D eigenvalue weighted by Crippen LogP contribution is -2.29. The largest absolute Gasteiger partial charge is 0.481 e. The summed E-state index contributed by atoms with van der Waals surface area (Å²) >= 11 is 0. The molecule has 0 spiro atoms. The van der Waals surface area contributed by atoms with Crippen LogP contribution in [0.5, 0.6) is 0 Å². The van der Waals surface area contributed by atoms with E-state index < -0.39 is 11.9 Å². The highest BCUT2D eigenvalue weighted by Gasteiger charge is 2.32. The van der Waals surface area contributed by atoms with Crippen molar-refractivity contribution in [2.75, 3.05) is 0 Å². The number of carboxylic acid groups (broad SMARTS) is 2. The molecular formula is C25H46O4. The Hall–Kier alpha value is -1.58. The molecular weight excluding hydrogens is 364 g/mol. The van der Waals surface area contributed by atoms with Gasteiger partial charge < -0.3 is 10.2 Å². The van der Waals surface area contributed by atoms with Crippen molar-refractivity contribution in [1.29, 1.82) is 0 Å². The summed E-state index contributed by atoms with van der Waals surface area (Å²) in [6, 6.07) is 0. The van der Waals surface area contributed by atoms with Crippen molar-refractivity contribution in [3.8, 4) is 0 Å². The van der Waals surface area contributed by atoms with E-state index in [9.17, 15) is 9.59 Å². The van der Waals surface area contributed by atoms with Crippen LogP contribution in [-0.4, -0.2) is 22.2 Å². The molecule has 0 aliphatic rings. The van der Waals surface area contributed by atoms with Gasteiger partial charge in [-0.05, 0) is 49.9 Å². The smallest absolute Gasteiger partial charge is 0.307 e. The topological polar surface area (TPSA) is 74.6 Å². The molecule has 3 unspecified atom stereocenters. The van der Waals surface area contributed by atoms with Gasteiger partial charge in [0.25, 0.3) is 0 Å². The first-order valence-electron chi connectivity index (χ1n) is 10.9. The molecule has 0 rings (SSSR count). The maximum absolute atomic E-state index is 10.9. The molecule has 29 heavy (non-hydrogen) atoms. The third kappa shape index (κ3) is 14.1. The molecule has 0 aliphatic heterocycles. The molecule has 0 heterocycles. The molecule has 0 amide bonds. The van der Waals surface area contributed by atoms with Crippen LogP contribution in [0.25, 0.3) is 0 Å². The molecule has 0 saturated heterocycles. The van der Waals surface area contributed by atoms with Crippen LogP contribution >= 0.6 is 0 Å². The van der Waals surface area contributed by atoms with Gasteiger partial charge in [0.05, 0.1) is 12.3 Å². The Bertz CT molecular complexity index is 531. The number of carboxylic acids is 2. The predicted molar refractivity (Wildman–Crippen MR) is 123 cm³/mol. The first-order valence-corrected chi connectivity index (χ1v) is 10.9. The van der Waals surface area contributed by atoms with Crippen LogP contribution in [0.1, 0.15) is 100 Å². The molecule has 3 atom stereocenters. The summed E-state index contributed by atoms with van der Waals surface area (Å²) in [5.74, 6) is -1.09. The number of carbonyl (C=O) groups is 2. The molecule has 4 nitrogen and oxygen atoms in total. The van der Waals surface area contributed by atoms with Gasteiger partial charge in [-0.3, -0.25) is 9.59 Å². The summed E-state index contributed by atoms with van der Waals surface area (Å²) in [4.78, 5) is 21.6. The monoisotopic (exact) mass is 410 g/mol. The fraction of sp³-hybridized carbons (Fsp3) is 0.760. The van der Waals surface area contributed by atoms with Crippen molar-refractivity contribution in [1.82, 2.24) is 0 Å². The van der Waals surface area contributed by atoms with Crippen molar-refractivity contribution in [2.24, 2.45) is 22.7 Å². The quantitative estimate of drug-likeness (QED) is 0.311. The molecule has 0 aromatic carbocycles. The molecule has 170 valence electrons. The Labute approximate surface area is 179 Å². The number of aliphatic carboxylic acids is 2. The lowest BCUT2D eigenvalue weighted by Gasteiger charge is -2.29. The number of hydrogen-bond acceptors (Lipinski definition) is 2. The standard InChI is InChI=1S/C13H22O2.C12H24O2/c1-6-13(5,11(4)12(14)15)9-7-8-10(2)3;1-5-12(4,9-11(13)14)8-6-7-10(2)3/h6,8,11H,1,7,9H2,2-5H3,(H,14,15);10H,5-9H2,1-4H3,(H,13,14). The zero-order valence-electron chi connectivity index (χ0n) is 20.2. The lowest BCUT2D eigenvalue weighted by molar-refractivity contribution is -0.144. The van der Waals surface area contributed by atoms with Crippen molar-refractivity contribution in [3.63, 3.8) is 0 Å². The van der Waals surface area contributed by atoms with Crippen molar-refractivity contribution in [3.05, 3.63) is 24.3 Å². The molecule has 0 aromatic heterocycles. The molecule has 0 aromatic rings. The Morgan fingerprint density at radius 3 is 1.97 bits per heavy atom. The van der Waals surface area contributed by atoms with Gasteiger partial charge in [-0.15, -0.1) is 6.58 Å². The van der Waals surface area contributed by atoms with E-state index in [4.69, 9.17) is 10.2 Å². The van der Waals surface area contributed by atoms with Crippen LogP contribution in [-0.2, 0) is 9.59 Å². The summed E-state index contributed by atoms with van der Waals surface area (Å²) in [5, 5.41) is 17.8. The maximum Gasteiger partial charge on any atom is 0.307 e. The van der Waals surface area contributed by atoms with Crippen molar-refractivity contribution >= 4 is 11.9 Å². The average molecular weight is 411 g/mol.